The van der Waals surface area contributed by atoms with Crippen LogP contribution in [0.1, 0.15) is 33.2 Å². The van der Waals surface area contributed by atoms with Crippen LogP contribution in [0.25, 0.3) is 0 Å². The van der Waals surface area contributed by atoms with Crippen LogP contribution < -0.4 is 10.6 Å². The second kappa shape index (κ2) is 11.2. The number of carbonyl (C=O) groups is 3. The van der Waals surface area contributed by atoms with Crippen LogP contribution in [0, 0.1) is 12.7 Å². The molecule has 1 aliphatic rings. The molecule has 0 unspecified atom stereocenters. The number of nitrogens with one attached hydrogen (secondary N) is 2. The predicted molar refractivity (Wildman–Crippen MR) is 146 cm³/mol. The monoisotopic (exact) mass is 523 g/mol. The maximum absolute atomic E-state index is 14.0. The number of nitrogens with zero attached hydrogens (tertiary/aromatic N) is 1. The van der Waals surface area contributed by atoms with Crippen molar-refractivity contribution in [1.82, 2.24) is 4.90 Å². The van der Waals surface area contributed by atoms with Crippen molar-refractivity contribution in [2.75, 3.05) is 10.6 Å². The van der Waals surface area contributed by atoms with Crippen molar-refractivity contribution in [3.05, 3.63) is 131 Å². The molecule has 0 aliphatic carbocycles. The smallest absolute Gasteiger partial charge is 0.411 e. The van der Waals surface area contributed by atoms with Crippen LogP contribution in [0.4, 0.5) is 20.6 Å². The van der Waals surface area contributed by atoms with Gasteiger partial charge in [-0.2, -0.15) is 0 Å². The van der Waals surface area contributed by atoms with Gasteiger partial charge in [0, 0.05) is 11.4 Å². The van der Waals surface area contributed by atoms with Crippen LogP contribution in [0.3, 0.4) is 0 Å². The number of hydrogen-bond donors (Lipinski definition) is 2. The minimum Gasteiger partial charge on any atom is -0.438 e. The lowest BCUT2D eigenvalue weighted by atomic mass is 10.00. The predicted octanol–water partition coefficient (Wildman–Crippen LogP) is 6.09. The Hall–Kier alpha value is -4.98. The van der Waals surface area contributed by atoms with E-state index in [1.54, 1.807) is 42.5 Å². The van der Waals surface area contributed by atoms with Gasteiger partial charge in [0.25, 0.3) is 11.8 Å². The van der Waals surface area contributed by atoms with Crippen LogP contribution in [0.2, 0.25) is 0 Å². The molecule has 1 heterocycles. The number of rotatable bonds is 7. The standard InChI is InChI=1S/C31H26FN3O4/c1-20-11-13-21(14-12-20)19-35-27(30(37)34-23-7-3-2-4-8-23)28(39-31(35)38)22-15-17-24(18-16-22)33-29(36)25-9-5-6-10-26(25)32/h2-18,27-28H,19H2,1H3,(H,33,36)(H,34,37)/t27-,28-/m0/s1. The number of anilines is 2. The van der Waals surface area contributed by atoms with Gasteiger partial charge in [-0.3, -0.25) is 14.5 Å². The molecule has 0 aromatic heterocycles. The zero-order valence-corrected chi connectivity index (χ0v) is 21.1. The third-order valence-corrected chi connectivity index (χ3v) is 6.48. The SMILES string of the molecule is Cc1ccc(CN2C(=O)O[C@@H](c3ccc(NC(=O)c4ccccc4F)cc3)[C@H]2C(=O)Nc2ccccc2)cc1. The molecular weight excluding hydrogens is 497 g/mol. The lowest BCUT2D eigenvalue weighted by Crippen LogP contribution is -2.43. The first-order valence-corrected chi connectivity index (χ1v) is 12.4. The minimum absolute atomic E-state index is 0.0734. The van der Waals surface area contributed by atoms with E-state index in [2.05, 4.69) is 10.6 Å². The van der Waals surface area contributed by atoms with Crippen molar-refractivity contribution in [1.29, 1.82) is 0 Å². The van der Waals surface area contributed by atoms with Crippen molar-refractivity contribution < 1.29 is 23.5 Å². The zero-order chi connectivity index (χ0) is 27.4. The molecule has 8 heteroatoms. The van der Waals surface area contributed by atoms with Gasteiger partial charge in [-0.15, -0.1) is 0 Å². The largest absolute Gasteiger partial charge is 0.438 e. The minimum atomic E-state index is -0.946. The number of carbonyl (C=O) groups excluding carboxylic acids is 3. The van der Waals surface area contributed by atoms with E-state index in [0.717, 1.165) is 11.1 Å². The first-order valence-electron chi connectivity index (χ1n) is 12.4. The van der Waals surface area contributed by atoms with E-state index in [1.807, 2.05) is 49.4 Å². The van der Waals surface area contributed by atoms with Gasteiger partial charge in [0.15, 0.2) is 12.1 Å². The highest BCUT2D eigenvalue weighted by atomic mass is 19.1. The Morgan fingerprint density at radius 1 is 0.821 bits per heavy atom. The normalized spacial score (nSPS) is 16.5. The molecule has 0 saturated carbocycles. The molecule has 196 valence electrons. The van der Waals surface area contributed by atoms with Crippen LogP contribution in [-0.2, 0) is 16.1 Å². The Morgan fingerprint density at radius 3 is 2.15 bits per heavy atom. The lowest BCUT2D eigenvalue weighted by molar-refractivity contribution is -0.121. The second-order valence-corrected chi connectivity index (χ2v) is 9.27. The fourth-order valence-electron chi connectivity index (χ4n) is 4.44. The molecule has 5 rings (SSSR count). The summed E-state index contributed by atoms with van der Waals surface area (Å²) < 4.78 is 19.7. The van der Waals surface area contributed by atoms with Gasteiger partial charge in [0.2, 0.25) is 0 Å². The Labute approximate surface area is 225 Å². The maximum Gasteiger partial charge on any atom is 0.411 e. The molecule has 1 saturated heterocycles. The summed E-state index contributed by atoms with van der Waals surface area (Å²) in [6, 6.07) is 28.1. The van der Waals surface area contributed by atoms with E-state index in [-0.39, 0.29) is 18.0 Å². The molecule has 1 fully saturated rings. The number of aryl methyl sites for hydroxylation is 1. The Kier molecular flexibility index (Phi) is 7.36. The molecule has 4 aromatic rings. The summed E-state index contributed by atoms with van der Waals surface area (Å²) in [5, 5.41) is 5.55. The lowest BCUT2D eigenvalue weighted by Gasteiger charge is -2.24. The molecular formula is C31H26FN3O4. The number of benzene rings is 4. The van der Waals surface area contributed by atoms with Gasteiger partial charge in [0.1, 0.15) is 5.82 Å². The highest BCUT2D eigenvalue weighted by Gasteiger charge is 2.47. The summed E-state index contributed by atoms with van der Waals surface area (Å²) in [5.41, 5.74) is 3.48. The first kappa shape index (κ1) is 25.7. The zero-order valence-electron chi connectivity index (χ0n) is 21.1. The van der Waals surface area contributed by atoms with Crippen molar-refractivity contribution in [2.45, 2.75) is 25.6 Å². The maximum atomic E-state index is 14.0. The van der Waals surface area contributed by atoms with E-state index >= 15 is 0 Å². The fourth-order valence-corrected chi connectivity index (χ4v) is 4.44. The summed E-state index contributed by atoms with van der Waals surface area (Å²) in [7, 11) is 0. The van der Waals surface area contributed by atoms with Crippen LogP contribution in [0.15, 0.2) is 103 Å². The van der Waals surface area contributed by atoms with E-state index < -0.39 is 30.0 Å². The summed E-state index contributed by atoms with van der Waals surface area (Å²) in [5.74, 6) is -1.59. The summed E-state index contributed by atoms with van der Waals surface area (Å²) in [6.45, 7) is 2.17. The van der Waals surface area contributed by atoms with Gasteiger partial charge in [-0.25, -0.2) is 9.18 Å². The van der Waals surface area contributed by atoms with Crippen LogP contribution in [0.5, 0.6) is 0 Å². The second-order valence-electron chi connectivity index (χ2n) is 9.27. The summed E-state index contributed by atoms with van der Waals surface area (Å²) >= 11 is 0. The van der Waals surface area contributed by atoms with E-state index in [0.29, 0.717) is 16.9 Å². The topological polar surface area (TPSA) is 87.7 Å². The highest BCUT2D eigenvalue weighted by Crippen LogP contribution is 2.35. The van der Waals surface area contributed by atoms with Crippen molar-refractivity contribution in [2.24, 2.45) is 0 Å². The third kappa shape index (κ3) is 5.80. The average molecular weight is 524 g/mol. The Balaban J connectivity index is 1.39. The quantitative estimate of drug-likeness (QED) is 0.307. The summed E-state index contributed by atoms with van der Waals surface area (Å²) in [4.78, 5) is 40.5. The van der Waals surface area contributed by atoms with E-state index in [1.165, 1.54) is 23.1 Å². The Bertz CT molecular complexity index is 1490. The molecule has 0 radical (unpaired) electrons. The molecule has 1 aliphatic heterocycles. The molecule has 39 heavy (non-hydrogen) atoms. The van der Waals surface area contributed by atoms with Crippen molar-refractivity contribution in [3.63, 3.8) is 0 Å². The van der Waals surface area contributed by atoms with Gasteiger partial charge in [-0.1, -0.05) is 72.3 Å². The first-order chi connectivity index (χ1) is 18.9. The fraction of sp³-hybridized carbons (Fsp3) is 0.129. The van der Waals surface area contributed by atoms with Gasteiger partial charge >= 0.3 is 6.09 Å². The van der Waals surface area contributed by atoms with Gasteiger partial charge in [0.05, 0.1) is 12.1 Å². The number of ether oxygens (including phenoxy) is 1. The van der Waals surface area contributed by atoms with E-state index in [9.17, 15) is 18.8 Å². The van der Waals surface area contributed by atoms with Crippen LogP contribution >= 0.6 is 0 Å². The number of cyclic esters (lactones) is 1. The number of para-hydroxylation sites is 1. The van der Waals surface area contributed by atoms with Gasteiger partial charge in [-0.05, 0) is 54.4 Å². The third-order valence-electron chi connectivity index (χ3n) is 6.48. The van der Waals surface area contributed by atoms with Gasteiger partial charge < -0.3 is 15.4 Å². The molecule has 4 aromatic carbocycles. The number of amides is 3. The summed E-state index contributed by atoms with van der Waals surface area (Å²) in [6.07, 6.45) is -1.49. The number of halogens is 1. The number of hydrogen-bond acceptors (Lipinski definition) is 4. The molecule has 3 amide bonds. The molecule has 0 bridgehead atoms. The molecule has 2 atom stereocenters. The average Bonchev–Trinajstić information content (AvgIpc) is 3.26. The van der Waals surface area contributed by atoms with Crippen molar-refractivity contribution >= 4 is 29.3 Å². The molecule has 0 spiro atoms. The molecule has 7 nitrogen and oxygen atoms in total. The Morgan fingerprint density at radius 2 is 1.46 bits per heavy atom. The molecule has 2 N–H and O–H groups in total. The van der Waals surface area contributed by atoms with Crippen LogP contribution in [-0.4, -0.2) is 28.8 Å². The highest BCUT2D eigenvalue weighted by molar-refractivity contribution is 6.04. The van der Waals surface area contributed by atoms with Crippen molar-refractivity contribution in [3.8, 4) is 0 Å². The van der Waals surface area contributed by atoms with E-state index in [4.69, 9.17) is 4.74 Å².